The minimum atomic E-state index is -0.536. The lowest BCUT2D eigenvalue weighted by atomic mass is 9.85. The summed E-state index contributed by atoms with van der Waals surface area (Å²) >= 11 is 3.48. The number of isocyanates is 1. The largest absolute Gasteiger partial charge is 0.504 e. The smallest absolute Gasteiger partial charge is 0.235 e. The summed E-state index contributed by atoms with van der Waals surface area (Å²) in [5.41, 5.74) is 1.28. The zero-order valence-electron chi connectivity index (χ0n) is 11.0. The van der Waals surface area contributed by atoms with Gasteiger partial charge in [-0.05, 0) is 47.3 Å². The molecular weight excluding hydrogens is 310 g/mol. The fourth-order valence-corrected chi connectivity index (χ4v) is 4.02. The molecule has 1 aliphatic carbocycles. The van der Waals surface area contributed by atoms with Crippen LogP contribution in [0.2, 0.25) is 0 Å². The Balaban J connectivity index is 2.70. The van der Waals surface area contributed by atoms with E-state index in [1.807, 2.05) is 6.92 Å². The van der Waals surface area contributed by atoms with Gasteiger partial charge >= 0.3 is 0 Å². The normalized spacial score (nSPS) is 17.0. The molecule has 1 aromatic rings. The highest BCUT2D eigenvalue weighted by Gasteiger charge is 2.39. The van der Waals surface area contributed by atoms with E-state index in [2.05, 4.69) is 20.9 Å². The van der Waals surface area contributed by atoms with Gasteiger partial charge in [-0.25, -0.2) is 4.79 Å². The number of methoxy groups -OCH3 is 1. The highest BCUT2D eigenvalue weighted by molar-refractivity contribution is 9.10. The number of aromatic hydroxyl groups is 1. The van der Waals surface area contributed by atoms with Crippen LogP contribution in [0.1, 0.15) is 36.8 Å². The van der Waals surface area contributed by atoms with Gasteiger partial charge in [0.1, 0.15) is 0 Å². The third-order valence-electron chi connectivity index (χ3n) is 3.76. The van der Waals surface area contributed by atoms with Gasteiger partial charge in [-0.3, -0.25) is 0 Å². The number of nitrogens with zero attached hydrogens (tertiary/aromatic N) is 1. The summed E-state index contributed by atoms with van der Waals surface area (Å²) in [6.07, 6.45) is 5.39. The Hall–Kier alpha value is -1.32. The molecule has 0 atom stereocenters. The molecule has 0 aliphatic heterocycles. The third kappa shape index (κ3) is 2.28. The Labute approximate surface area is 120 Å². The molecular formula is C14H16BrNO3. The Morgan fingerprint density at radius 2 is 2.11 bits per heavy atom. The first-order valence-corrected chi connectivity index (χ1v) is 7.00. The first-order chi connectivity index (χ1) is 9.05. The molecule has 1 aliphatic rings. The molecule has 102 valence electrons. The number of halogens is 1. The van der Waals surface area contributed by atoms with Crippen molar-refractivity contribution in [2.24, 2.45) is 4.99 Å². The second-order valence-corrected chi connectivity index (χ2v) is 5.67. The van der Waals surface area contributed by atoms with Crippen molar-refractivity contribution in [2.45, 2.75) is 38.1 Å². The summed E-state index contributed by atoms with van der Waals surface area (Å²) in [4.78, 5) is 14.9. The third-order valence-corrected chi connectivity index (χ3v) is 4.52. The van der Waals surface area contributed by atoms with E-state index in [0.29, 0.717) is 10.2 Å². The molecule has 0 bridgehead atoms. The Morgan fingerprint density at radius 1 is 1.47 bits per heavy atom. The number of benzene rings is 1. The van der Waals surface area contributed by atoms with Crippen LogP contribution in [0.5, 0.6) is 11.5 Å². The van der Waals surface area contributed by atoms with Gasteiger partial charge in [-0.2, -0.15) is 4.99 Å². The monoisotopic (exact) mass is 325 g/mol. The zero-order valence-corrected chi connectivity index (χ0v) is 12.6. The second kappa shape index (κ2) is 5.35. The number of carbonyl (C=O) groups excluding carboxylic acids is 1. The summed E-state index contributed by atoms with van der Waals surface area (Å²) in [7, 11) is 1.50. The van der Waals surface area contributed by atoms with E-state index >= 15 is 0 Å². The maximum absolute atomic E-state index is 10.8. The quantitative estimate of drug-likeness (QED) is 0.682. The lowest BCUT2D eigenvalue weighted by Crippen LogP contribution is -2.21. The van der Waals surface area contributed by atoms with Gasteiger partial charge in [0.15, 0.2) is 11.5 Å². The summed E-state index contributed by atoms with van der Waals surface area (Å²) in [5.74, 6) is 0.465. The molecule has 0 unspecified atom stereocenters. The molecule has 1 fully saturated rings. The maximum atomic E-state index is 10.8. The molecule has 0 aromatic heterocycles. The van der Waals surface area contributed by atoms with E-state index < -0.39 is 5.54 Å². The van der Waals surface area contributed by atoms with Crippen molar-refractivity contribution in [2.75, 3.05) is 7.11 Å². The van der Waals surface area contributed by atoms with Crippen molar-refractivity contribution in [1.82, 2.24) is 0 Å². The average molecular weight is 326 g/mol. The van der Waals surface area contributed by atoms with Gasteiger partial charge in [-0.15, -0.1) is 0 Å². The number of phenols is 1. The van der Waals surface area contributed by atoms with Crippen molar-refractivity contribution in [3.05, 3.63) is 21.7 Å². The minimum absolute atomic E-state index is 0.0823. The molecule has 0 heterocycles. The number of rotatable bonds is 3. The van der Waals surface area contributed by atoms with Gasteiger partial charge in [0, 0.05) is 5.56 Å². The minimum Gasteiger partial charge on any atom is -0.504 e. The fourth-order valence-electron chi connectivity index (χ4n) is 2.97. The lowest BCUT2D eigenvalue weighted by Gasteiger charge is -2.27. The van der Waals surface area contributed by atoms with E-state index in [1.54, 1.807) is 12.1 Å². The van der Waals surface area contributed by atoms with Crippen molar-refractivity contribution < 1.29 is 14.6 Å². The van der Waals surface area contributed by atoms with Crippen molar-refractivity contribution in [3.63, 3.8) is 0 Å². The van der Waals surface area contributed by atoms with Crippen LogP contribution in [0.3, 0.4) is 0 Å². The Morgan fingerprint density at radius 3 is 2.63 bits per heavy atom. The number of hydrogen-bond donors (Lipinski definition) is 1. The molecule has 4 nitrogen and oxygen atoms in total. The van der Waals surface area contributed by atoms with Gasteiger partial charge in [0.25, 0.3) is 0 Å². The summed E-state index contributed by atoms with van der Waals surface area (Å²) in [6.45, 7) is 1.90. The van der Waals surface area contributed by atoms with E-state index in [4.69, 9.17) is 4.74 Å². The molecule has 0 radical (unpaired) electrons. The maximum Gasteiger partial charge on any atom is 0.235 e. The van der Waals surface area contributed by atoms with Crippen LogP contribution >= 0.6 is 15.9 Å². The van der Waals surface area contributed by atoms with E-state index in [1.165, 1.54) is 7.11 Å². The van der Waals surface area contributed by atoms with Crippen molar-refractivity contribution >= 4 is 22.0 Å². The fraction of sp³-hybridized carbons (Fsp3) is 0.500. The van der Waals surface area contributed by atoms with Crippen LogP contribution < -0.4 is 4.74 Å². The average Bonchev–Trinajstić information content (AvgIpc) is 2.78. The van der Waals surface area contributed by atoms with Crippen LogP contribution in [-0.4, -0.2) is 18.3 Å². The number of aryl methyl sites for hydroxylation is 1. The molecule has 5 heteroatoms. The topological polar surface area (TPSA) is 58.9 Å². The predicted octanol–water partition coefficient (Wildman–Crippen LogP) is 3.58. The first-order valence-electron chi connectivity index (χ1n) is 6.21. The molecule has 1 saturated carbocycles. The van der Waals surface area contributed by atoms with Crippen LogP contribution in [0.15, 0.2) is 15.5 Å². The Kier molecular flexibility index (Phi) is 3.97. The van der Waals surface area contributed by atoms with Gasteiger partial charge in [0.05, 0.1) is 17.1 Å². The standard InChI is InChI=1S/C14H16BrNO3/c1-9-7-10(18)13(19-2)12(15)11(9)14(16-8-17)5-3-4-6-14/h7,18H,3-6H2,1-2H3. The molecule has 0 spiro atoms. The zero-order chi connectivity index (χ0) is 14.0. The highest BCUT2D eigenvalue weighted by atomic mass is 79.9. The van der Waals surface area contributed by atoms with Gasteiger partial charge in [-0.1, -0.05) is 12.8 Å². The van der Waals surface area contributed by atoms with Gasteiger partial charge < -0.3 is 9.84 Å². The molecule has 19 heavy (non-hydrogen) atoms. The number of ether oxygens (including phenoxy) is 1. The first kappa shape index (κ1) is 14.1. The van der Waals surface area contributed by atoms with Crippen molar-refractivity contribution in [1.29, 1.82) is 0 Å². The van der Waals surface area contributed by atoms with Crippen LogP contribution in [0.25, 0.3) is 0 Å². The SMILES string of the molecule is COc1c(O)cc(C)c(C2(N=C=O)CCCC2)c1Br. The molecule has 1 aromatic carbocycles. The highest BCUT2D eigenvalue weighted by Crippen LogP contribution is 2.50. The summed E-state index contributed by atoms with van der Waals surface area (Å²) in [5, 5.41) is 9.89. The van der Waals surface area contributed by atoms with E-state index in [9.17, 15) is 9.90 Å². The molecule has 2 rings (SSSR count). The lowest BCUT2D eigenvalue weighted by molar-refractivity contribution is 0.366. The second-order valence-electron chi connectivity index (χ2n) is 4.88. The molecule has 0 saturated heterocycles. The predicted molar refractivity (Wildman–Crippen MR) is 75.4 cm³/mol. The van der Waals surface area contributed by atoms with Crippen LogP contribution in [-0.2, 0) is 10.3 Å². The van der Waals surface area contributed by atoms with Crippen molar-refractivity contribution in [3.8, 4) is 11.5 Å². The van der Waals surface area contributed by atoms with E-state index in [0.717, 1.165) is 36.8 Å². The van der Waals surface area contributed by atoms with Crippen LogP contribution in [0, 0.1) is 6.92 Å². The number of aliphatic imine (C=N–C) groups is 1. The Bertz CT molecular complexity index is 544. The molecule has 1 N–H and O–H groups in total. The number of phenolic OH excluding ortho intramolecular Hbond substituents is 1. The van der Waals surface area contributed by atoms with E-state index in [-0.39, 0.29) is 5.75 Å². The number of hydrogen-bond acceptors (Lipinski definition) is 4. The van der Waals surface area contributed by atoms with Crippen LogP contribution in [0.4, 0.5) is 0 Å². The summed E-state index contributed by atoms with van der Waals surface area (Å²) < 4.78 is 5.89. The van der Waals surface area contributed by atoms with Gasteiger partial charge in [0.2, 0.25) is 6.08 Å². The molecule has 0 amide bonds. The summed E-state index contributed by atoms with van der Waals surface area (Å²) in [6, 6.07) is 1.65.